The Morgan fingerprint density at radius 1 is 1.29 bits per heavy atom. The normalized spacial score (nSPS) is 19.9. The fourth-order valence-corrected chi connectivity index (χ4v) is 2.10. The van der Waals surface area contributed by atoms with Crippen LogP contribution in [0.25, 0.3) is 0 Å². The van der Waals surface area contributed by atoms with Crippen LogP contribution >= 0.6 is 0 Å². The van der Waals surface area contributed by atoms with Gasteiger partial charge in [0.2, 0.25) is 12.3 Å². The van der Waals surface area contributed by atoms with E-state index in [-0.39, 0.29) is 11.8 Å². The summed E-state index contributed by atoms with van der Waals surface area (Å²) >= 11 is 0. The molecule has 2 heterocycles. The Kier molecular flexibility index (Phi) is 2.36. The van der Waals surface area contributed by atoms with Crippen LogP contribution in [0.15, 0.2) is 41.2 Å². The van der Waals surface area contributed by atoms with Crippen LogP contribution in [0.2, 0.25) is 0 Å². The first-order valence-electron chi connectivity index (χ1n) is 5.46. The summed E-state index contributed by atoms with van der Waals surface area (Å²) in [6.07, 6.45) is 1.74. The van der Waals surface area contributed by atoms with Crippen LogP contribution in [0.5, 0.6) is 0 Å². The Labute approximate surface area is 98.0 Å². The number of anilines is 1. The van der Waals surface area contributed by atoms with Gasteiger partial charge in [-0.1, -0.05) is 23.4 Å². The van der Waals surface area contributed by atoms with Crippen LogP contribution in [-0.4, -0.2) is 22.6 Å². The molecule has 0 saturated carbocycles. The van der Waals surface area contributed by atoms with Gasteiger partial charge in [-0.25, -0.2) is 0 Å². The second-order valence-corrected chi connectivity index (χ2v) is 4.03. The maximum absolute atomic E-state index is 11.9. The molecule has 5 heteroatoms. The predicted octanol–water partition coefficient (Wildman–Crippen LogP) is 1.59. The molecule has 0 aliphatic carbocycles. The molecule has 17 heavy (non-hydrogen) atoms. The summed E-state index contributed by atoms with van der Waals surface area (Å²) in [4.78, 5) is 17.7. The van der Waals surface area contributed by atoms with E-state index in [1.54, 1.807) is 4.90 Å². The van der Waals surface area contributed by atoms with E-state index in [4.69, 9.17) is 4.52 Å². The Bertz CT molecular complexity index is 510. The number of aromatic nitrogens is 2. The number of nitrogens with zero attached hydrogens (tertiary/aromatic N) is 3. The van der Waals surface area contributed by atoms with Crippen molar-refractivity contribution in [3.8, 4) is 0 Å². The highest BCUT2D eigenvalue weighted by molar-refractivity contribution is 5.96. The summed E-state index contributed by atoms with van der Waals surface area (Å²) in [6.45, 7) is 0.613. The van der Waals surface area contributed by atoms with E-state index in [0.29, 0.717) is 18.8 Å². The maximum atomic E-state index is 11.9. The average Bonchev–Trinajstić information content (AvgIpc) is 2.99. The third kappa shape index (κ3) is 1.80. The van der Waals surface area contributed by atoms with Gasteiger partial charge in [0.05, 0.1) is 0 Å². The first-order valence-corrected chi connectivity index (χ1v) is 5.46. The van der Waals surface area contributed by atoms with Crippen molar-refractivity contribution in [3.05, 3.63) is 42.5 Å². The van der Waals surface area contributed by atoms with Crippen molar-refractivity contribution >= 4 is 11.6 Å². The molecule has 5 nitrogen and oxygen atoms in total. The van der Waals surface area contributed by atoms with Crippen molar-refractivity contribution in [3.63, 3.8) is 0 Å². The third-order valence-corrected chi connectivity index (χ3v) is 2.94. The van der Waals surface area contributed by atoms with Crippen molar-refractivity contribution in [2.75, 3.05) is 11.4 Å². The lowest BCUT2D eigenvalue weighted by Crippen LogP contribution is -2.24. The number of carbonyl (C=O) groups excluding carboxylic acids is 1. The molecule has 1 aromatic heterocycles. The summed E-state index contributed by atoms with van der Waals surface area (Å²) in [5.74, 6) is 0.740. The minimum atomic E-state index is 0.0291. The van der Waals surface area contributed by atoms with Crippen LogP contribution in [0.3, 0.4) is 0 Å². The monoisotopic (exact) mass is 229 g/mol. The first-order chi connectivity index (χ1) is 8.34. The fraction of sp³-hybridized carbons (Fsp3) is 0.250. The highest BCUT2D eigenvalue weighted by Crippen LogP contribution is 2.29. The van der Waals surface area contributed by atoms with Gasteiger partial charge in [0.25, 0.3) is 0 Å². The number of hydrogen-bond acceptors (Lipinski definition) is 4. The van der Waals surface area contributed by atoms with Crippen molar-refractivity contribution in [1.82, 2.24) is 10.1 Å². The van der Waals surface area contributed by atoms with Crippen LogP contribution in [0.4, 0.5) is 5.69 Å². The molecule has 1 atom stereocenters. The molecule has 0 N–H and O–H groups in total. The van der Waals surface area contributed by atoms with Gasteiger partial charge in [0.15, 0.2) is 5.82 Å². The zero-order chi connectivity index (χ0) is 11.7. The lowest BCUT2D eigenvalue weighted by atomic mass is 10.1. The van der Waals surface area contributed by atoms with Crippen LogP contribution in [0.1, 0.15) is 18.2 Å². The van der Waals surface area contributed by atoms with Gasteiger partial charge in [0.1, 0.15) is 0 Å². The first kappa shape index (κ1) is 10.0. The number of para-hydroxylation sites is 1. The van der Waals surface area contributed by atoms with Gasteiger partial charge in [0, 0.05) is 24.6 Å². The van der Waals surface area contributed by atoms with Crippen LogP contribution < -0.4 is 4.90 Å². The SMILES string of the molecule is O=C1CC(c2ncon2)CN1c1ccccc1. The van der Waals surface area contributed by atoms with Crippen molar-refractivity contribution < 1.29 is 9.32 Å². The van der Waals surface area contributed by atoms with E-state index in [1.807, 2.05) is 30.3 Å². The van der Waals surface area contributed by atoms with Gasteiger partial charge in [-0.2, -0.15) is 4.98 Å². The zero-order valence-electron chi connectivity index (χ0n) is 9.11. The molecule has 1 amide bonds. The number of hydrogen-bond donors (Lipinski definition) is 0. The Morgan fingerprint density at radius 3 is 2.82 bits per heavy atom. The smallest absolute Gasteiger partial charge is 0.227 e. The molecule has 1 unspecified atom stereocenters. The molecule has 0 bridgehead atoms. The predicted molar refractivity (Wildman–Crippen MR) is 60.5 cm³/mol. The summed E-state index contributed by atoms with van der Waals surface area (Å²) in [5.41, 5.74) is 0.920. The van der Waals surface area contributed by atoms with Gasteiger partial charge in [-0.15, -0.1) is 0 Å². The molecule has 1 saturated heterocycles. The molecular weight excluding hydrogens is 218 g/mol. The van der Waals surface area contributed by atoms with E-state index in [2.05, 4.69) is 10.1 Å². The molecule has 0 radical (unpaired) electrons. The quantitative estimate of drug-likeness (QED) is 0.784. The second kappa shape index (κ2) is 4.01. The fourth-order valence-electron chi connectivity index (χ4n) is 2.10. The van der Waals surface area contributed by atoms with Gasteiger partial charge < -0.3 is 9.42 Å². The highest BCUT2D eigenvalue weighted by Gasteiger charge is 2.33. The number of rotatable bonds is 2. The minimum Gasteiger partial charge on any atom is -0.343 e. The standard InChI is InChI=1S/C12H11N3O2/c16-11-6-9(12-13-8-17-14-12)7-15(11)10-4-2-1-3-5-10/h1-5,8-9H,6-7H2. The molecule has 2 aromatic rings. The van der Waals surface area contributed by atoms with Crippen molar-refractivity contribution in [2.45, 2.75) is 12.3 Å². The zero-order valence-corrected chi connectivity index (χ0v) is 9.11. The van der Waals surface area contributed by atoms with Gasteiger partial charge in [-0.05, 0) is 12.1 Å². The van der Waals surface area contributed by atoms with E-state index in [9.17, 15) is 4.79 Å². The number of amides is 1. The summed E-state index contributed by atoms with van der Waals surface area (Å²) < 4.78 is 4.71. The summed E-state index contributed by atoms with van der Waals surface area (Å²) in [7, 11) is 0. The molecule has 1 aliphatic rings. The third-order valence-electron chi connectivity index (χ3n) is 2.94. The van der Waals surface area contributed by atoms with Crippen molar-refractivity contribution in [2.24, 2.45) is 0 Å². The maximum Gasteiger partial charge on any atom is 0.227 e. The largest absolute Gasteiger partial charge is 0.343 e. The lowest BCUT2D eigenvalue weighted by Gasteiger charge is -2.15. The van der Waals surface area contributed by atoms with E-state index < -0.39 is 0 Å². The Balaban J connectivity index is 1.83. The van der Waals surface area contributed by atoms with Gasteiger partial charge in [-0.3, -0.25) is 4.79 Å². The van der Waals surface area contributed by atoms with Crippen molar-refractivity contribution in [1.29, 1.82) is 0 Å². The molecular formula is C12H11N3O2. The Morgan fingerprint density at radius 2 is 2.12 bits per heavy atom. The molecule has 1 aromatic carbocycles. The van der Waals surface area contributed by atoms with Crippen LogP contribution in [0, 0.1) is 0 Å². The molecule has 86 valence electrons. The molecule has 1 fully saturated rings. The Hall–Kier alpha value is -2.17. The molecule has 3 rings (SSSR count). The molecule has 1 aliphatic heterocycles. The topological polar surface area (TPSA) is 59.2 Å². The number of carbonyl (C=O) groups is 1. The van der Waals surface area contributed by atoms with E-state index in [1.165, 1.54) is 6.39 Å². The summed E-state index contributed by atoms with van der Waals surface area (Å²) in [6, 6.07) is 9.63. The van der Waals surface area contributed by atoms with E-state index in [0.717, 1.165) is 5.69 Å². The second-order valence-electron chi connectivity index (χ2n) is 4.03. The molecule has 0 spiro atoms. The van der Waals surface area contributed by atoms with E-state index >= 15 is 0 Å². The lowest BCUT2D eigenvalue weighted by molar-refractivity contribution is -0.117. The van der Waals surface area contributed by atoms with Gasteiger partial charge >= 0.3 is 0 Å². The van der Waals surface area contributed by atoms with Crippen LogP contribution in [-0.2, 0) is 4.79 Å². The number of benzene rings is 1. The average molecular weight is 229 g/mol. The summed E-state index contributed by atoms with van der Waals surface area (Å²) in [5, 5.41) is 3.80. The highest BCUT2D eigenvalue weighted by atomic mass is 16.5. The minimum absolute atomic E-state index is 0.0291.